The van der Waals surface area contributed by atoms with Crippen LogP contribution in [0.1, 0.15) is 25.9 Å². The van der Waals surface area contributed by atoms with Crippen molar-refractivity contribution in [1.29, 1.82) is 0 Å². The fourth-order valence-electron chi connectivity index (χ4n) is 2.22. The molecule has 4 aromatic rings. The molecule has 0 aromatic carbocycles. The molecule has 0 bridgehead atoms. The Labute approximate surface area is 156 Å². The zero-order valence-corrected chi connectivity index (χ0v) is 14.5. The average Bonchev–Trinajstić information content (AvgIpc) is 3.47. The number of furan rings is 2. The van der Waals surface area contributed by atoms with E-state index in [2.05, 4.69) is 10.5 Å². The Hall–Kier alpha value is -3.59. The monoisotopic (exact) mass is 384 g/mol. The lowest BCUT2D eigenvalue weighted by Gasteiger charge is -2.00. The van der Waals surface area contributed by atoms with Gasteiger partial charge in [-0.25, -0.2) is 4.79 Å². The molecule has 4 aromatic heterocycles. The van der Waals surface area contributed by atoms with Crippen LogP contribution in [0.3, 0.4) is 0 Å². The van der Waals surface area contributed by atoms with Crippen molar-refractivity contribution >= 4 is 28.2 Å². The van der Waals surface area contributed by atoms with Crippen molar-refractivity contribution < 1.29 is 27.7 Å². The first-order chi connectivity index (χ1) is 13.2. The number of hydrogen-bond donors (Lipinski definition) is 1. The first-order valence-electron chi connectivity index (χ1n) is 7.80. The zero-order valence-electron chi connectivity index (χ0n) is 13.7. The maximum absolute atomic E-state index is 12.2. The fraction of sp³-hybridized carbons (Fsp3) is 0.0556. The largest absolute Gasteiger partial charge is 0.461 e. The van der Waals surface area contributed by atoms with Gasteiger partial charge in [-0.15, -0.1) is 11.3 Å². The molecule has 0 aliphatic rings. The molecular weight excluding hydrogens is 372 g/mol. The summed E-state index contributed by atoms with van der Waals surface area (Å²) >= 11 is 1.10. The van der Waals surface area contributed by atoms with Gasteiger partial charge < -0.3 is 23.4 Å². The second-order valence-corrected chi connectivity index (χ2v) is 6.42. The van der Waals surface area contributed by atoms with Gasteiger partial charge in [-0.2, -0.15) is 0 Å². The molecule has 0 aliphatic carbocycles. The summed E-state index contributed by atoms with van der Waals surface area (Å²) in [5.41, 5.74) is 0.456. The third-order valence-electron chi connectivity index (χ3n) is 3.46. The first kappa shape index (κ1) is 16.9. The lowest BCUT2D eigenvalue weighted by atomic mass is 10.3. The Kier molecular flexibility index (Phi) is 4.58. The highest BCUT2D eigenvalue weighted by molar-refractivity contribution is 7.18. The van der Waals surface area contributed by atoms with Crippen molar-refractivity contribution in [1.82, 2.24) is 5.16 Å². The van der Waals surface area contributed by atoms with Crippen LogP contribution >= 0.6 is 11.3 Å². The number of ether oxygens (including phenoxy) is 1. The molecule has 4 rings (SSSR count). The normalized spacial score (nSPS) is 10.7. The van der Waals surface area contributed by atoms with Crippen molar-refractivity contribution in [3.63, 3.8) is 0 Å². The molecule has 1 N–H and O–H groups in total. The van der Waals surface area contributed by atoms with E-state index in [1.807, 2.05) is 0 Å². The maximum atomic E-state index is 12.2. The molecule has 0 saturated carbocycles. The van der Waals surface area contributed by atoms with Gasteiger partial charge in [0.25, 0.3) is 5.91 Å². The van der Waals surface area contributed by atoms with Crippen LogP contribution in [0.2, 0.25) is 0 Å². The van der Waals surface area contributed by atoms with Gasteiger partial charge in [-0.3, -0.25) is 4.79 Å². The summed E-state index contributed by atoms with van der Waals surface area (Å²) in [6.45, 7) is -0.0466. The summed E-state index contributed by atoms with van der Waals surface area (Å²) in [4.78, 5) is 24.4. The van der Waals surface area contributed by atoms with Gasteiger partial charge in [0.2, 0.25) is 5.76 Å². The molecule has 1 amide bonds. The molecule has 136 valence electrons. The summed E-state index contributed by atoms with van der Waals surface area (Å²) in [7, 11) is 0. The van der Waals surface area contributed by atoms with Crippen molar-refractivity contribution in [2.45, 2.75) is 6.61 Å². The van der Waals surface area contributed by atoms with Crippen LogP contribution in [-0.4, -0.2) is 17.0 Å². The molecule has 0 radical (unpaired) electrons. The van der Waals surface area contributed by atoms with E-state index < -0.39 is 11.9 Å². The SMILES string of the molecule is O=C(Nc1ccc(C(=O)OCc2cc(-c3ccco3)on2)s1)c1ccco1. The number of carbonyl (C=O) groups is 2. The molecular formula is C18H12N2O6S. The molecule has 0 atom stereocenters. The lowest BCUT2D eigenvalue weighted by Crippen LogP contribution is -2.09. The Bertz CT molecular complexity index is 1050. The van der Waals surface area contributed by atoms with Gasteiger partial charge in [-0.1, -0.05) is 5.16 Å². The molecule has 0 unspecified atom stereocenters. The molecule has 0 fully saturated rings. The van der Waals surface area contributed by atoms with E-state index in [0.717, 1.165) is 11.3 Å². The second kappa shape index (κ2) is 7.34. The lowest BCUT2D eigenvalue weighted by molar-refractivity contribution is 0.0470. The molecule has 8 nitrogen and oxygen atoms in total. The van der Waals surface area contributed by atoms with Crippen LogP contribution in [0.4, 0.5) is 5.00 Å². The van der Waals surface area contributed by atoms with E-state index in [1.165, 1.54) is 12.5 Å². The number of nitrogens with one attached hydrogen (secondary N) is 1. The number of amides is 1. The van der Waals surface area contributed by atoms with Crippen LogP contribution < -0.4 is 5.32 Å². The average molecular weight is 384 g/mol. The Morgan fingerprint density at radius 3 is 2.70 bits per heavy atom. The first-order valence-corrected chi connectivity index (χ1v) is 8.62. The maximum Gasteiger partial charge on any atom is 0.348 e. The molecule has 9 heteroatoms. The van der Waals surface area contributed by atoms with Crippen LogP contribution in [0.5, 0.6) is 0 Å². The van der Waals surface area contributed by atoms with E-state index in [1.54, 1.807) is 42.5 Å². The van der Waals surface area contributed by atoms with E-state index in [0.29, 0.717) is 27.1 Å². The minimum absolute atomic E-state index is 0.0466. The summed E-state index contributed by atoms with van der Waals surface area (Å²) in [5, 5.41) is 6.99. The highest BCUT2D eigenvalue weighted by Gasteiger charge is 2.16. The minimum Gasteiger partial charge on any atom is -0.461 e. The van der Waals surface area contributed by atoms with Crippen molar-refractivity contribution in [3.05, 3.63) is 71.3 Å². The number of thiophene rings is 1. The minimum atomic E-state index is -0.527. The number of rotatable bonds is 6. The number of esters is 1. The quantitative estimate of drug-likeness (QED) is 0.496. The molecule has 0 saturated heterocycles. The molecule has 4 heterocycles. The highest BCUT2D eigenvalue weighted by Crippen LogP contribution is 2.24. The van der Waals surface area contributed by atoms with Gasteiger partial charge in [-0.05, 0) is 36.4 Å². The van der Waals surface area contributed by atoms with E-state index >= 15 is 0 Å². The van der Waals surface area contributed by atoms with Crippen molar-refractivity contribution in [2.24, 2.45) is 0 Å². The van der Waals surface area contributed by atoms with Crippen LogP contribution in [-0.2, 0) is 11.3 Å². The number of nitrogens with zero attached hydrogens (tertiary/aromatic N) is 1. The standard InChI is InChI=1S/C18H12N2O6S/c21-17(13-4-2-8-24-13)19-16-6-5-15(27-16)18(22)25-10-11-9-14(26-20-11)12-3-1-7-23-12/h1-9H,10H2,(H,19,21). The van der Waals surface area contributed by atoms with Crippen LogP contribution in [0.15, 0.2) is 68.3 Å². The Morgan fingerprint density at radius 1 is 1.07 bits per heavy atom. The summed E-state index contributed by atoms with van der Waals surface area (Å²) in [6.07, 6.45) is 2.93. The third kappa shape index (κ3) is 3.82. The van der Waals surface area contributed by atoms with Gasteiger partial charge in [0, 0.05) is 6.07 Å². The summed E-state index contributed by atoms with van der Waals surface area (Å²) in [6, 6.07) is 11.5. The Balaban J connectivity index is 1.34. The molecule has 0 spiro atoms. The van der Waals surface area contributed by atoms with Crippen molar-refractivity contribution in [3.8, 4) is 11.5 Å². The Morgan fingerprint density at radius 2 is 1.93 bits per heavy atom. The number of carbonyl (C=O) groups excluding carboxylic acids is 2. The second-order valence-electron chi connectivity index (χ2n) is 5.33. The van der Waals surface area contributed by atoms with Gasteiger partial charge in [0.1, 0.15) is 17.2 Å². The predicted molar refractivity (Wildman–Crippen MR) is 94.3 cm³/mol. The van der Waals surface area contributed by atoms with Crippen LogP contribution in [0, 0.1) is 0 Å². The highest BCUT2D eigenvalue weighted by atomic mass is 32.1. The van der Waals surface area contributed by atoms with Crippen molar-refractivity contribution in [2.75, 3.05) is 5.32 Å². The van der Waals surface area contributed by atoms with E-state index in [9.17, 15) is 9.59 Å². The molecule has 0 aliphatic heterocycles. The van der Waals surface area contributed by atoms with Gasteiger partial charge in [0.15, 0.2) is 11.5 Å². The summed E-state index contributed by atoms with van der Waals surface area (Å²) in [5.74, 6) is 0.252. The number of hydrogen-bond acceptors (Lipinski definition) is 8. The van der Waals surface area contributed by atoms with Gasteiger partial charge >= 0.3 is 5.97 Å². The zero-order chi connectivity index (χ0) is 18.6. The third-order valence-corrected chi connectivity index (χ3v) is 4.44. The van der Waals surface area contributed by atoms with E-state index in [4.69, 9.17) is 18.1 Å². The summed E-state index contributed by atoms with van der Waals surface area (Å²) < 4.78 is 20.6. The smallest absolute Gasteiger partial charge is 0.348 e. The number of anilines is 1. The van der Waals surface area contributed by atoms with Crippen LogP contribution in [0.25, 0.3) is 11.5 Å². The van der Waals surface area contributed by atoms with Gasteiger partial charge in [0.05, 0.1) is 17.5 Å². The molecule has 27 heavy (non-hydrogen) atoms. The predicted octanol–water partition coefficient (Wildman–Crippen LogP) is 4.20. The fourth-order valence-corrected chi connectivity index (χ4v) is 3.02. The topological polar surface area (TPSA) is 108 Å². The number of aromatic nitrogens is 1. The van der Waals surface area contributed by atoms with E-state index in [-0.39, 0.29) is 12.4 Å².